The summed E-state index contributed by atoms with van der Waals surface area (Å²) in [7, 11) is 0. The van der Waals surface area contributed by atoms with Crippen molar-refractivity contribution in [2.75, 3.05) is 5.75 Å². The molecule has 0 amide bonds. The van der Waals surface area contributed by atoms with Crippen molar-refractivity contribution in [1.82, 2.24) is 5.43 Å². The zero-order chi connectivity index (χ0) is 12.7. The molecule has 0 bridgehead atoms. The highest BCUT2D eigenvalue weighted by atomic mass is 79.9. The summed E-state index contributed by atoms with van der Waals surface area (Å²) in [6, 6.07) is 8.56. The highest BCUT2D eigenvalue weighted by Crippen LogP contribution is 2.27. The van der Waals surface area contributed by atoms with Crippen LogP contribution in [0, 0.1) is 0 Å². The van der Waals surface area contributed by atoms with Crippen molar-refractivity contribution in [2.45, 2.75) is 30.7 Å². The van der Waals surface area contributed by atoms with Crippen LogP contribution in [0.3, 0.4) is 0 Å². The van der Waals surface area contributed by atoms with Gasteiger partial charge >= 0.3 is 0 Å². The normalized spacial score (nSPS) is 12.4. The minimum atomic E-state index is 0.323. The lowest BCUT2D eigenvalue weighted by molar-refractivity contribution is 0.538. The average molecular weight is 315 g/mol. The maximum absolute atomic E-state index is 5.56. The molecule has 0 aliphatic rings. The van der Waals surface area contributed by atoms with E-state index in [2.05, 4.69) is 47.0 Å². The maximum atomic E-state index is 5.56. The molecular formula is C13H19BrN2S. The van der Waals surface area contributed by atoms with Crippen LogP contribution in [0.1, 0.15) is 19.8 Å². The number of nitrogens with two attached hydrogens (primary N) is 1. The van der Waals surface area contributed by atoms with Crippen LogP contribution in [0.25, 0.3) is 0 Å². The summed E-state index contributed by atoms with van der Waals surface area (Å²) in [6.45, 7) is 5.96. The lowest BCUT2D eigenvalue weighted by Crippen LogP contribution is -2.36. The number of thioether (sulfide) groups is 1. The topological polar surface area (TPSA) is 38.0 Å². The predicted molar refractivity (Wildman–Crippen MR) is 80.0 cm³/mol. The Kier molecular flexibility index (Phi) is 6.89. The molecule has 4 heteroatoms. The first kappa shape index (κ1) is 14.8. The molecule has 0 aliphatic carbocycles. The van der Waals surface area contributed by atoms with Gasteiger partial charge in [-0.1, -0.05) is 17.7 Å². The van der Waals surface area contributed by atoms with Gasteiger partial charge in [0.15, 0.2) is 0 Å². The fourth-order valence-corrected chi connectivity index (χ4v) is 3.04. The first-order valence-corrected chi connectivity index (χ1v) is 7.39. The Morgan fingerprint density at radius 3 is 2.82 bits per heavy atom. The number of benzene rings is 1. The highest BCUT2D eigenvalue weighted by Gasteiger charge is 2.08. The number of allylic oxidation sites excluding steroid dienone is 1. The van der Waals surface area contributed by atoms with Crippen molar-refractivity contribution in [3.63, 3.8) is 0 Å². The van der Waals surface area contributed by atoms with E-state index in [0.29, 0.717) is 6.04 Å². The Labute approximate surface area is 116 Å². The second-order valence-electron chi connectivity index (χ2n) is 4.10. The van der Waals surface area contributed by atoms with Crippen LogP contribution in [0.2, 0.25) is 0 Å². The quantitative estimate of drug-likeness (QED) is 0.348. The molecule has 1 unspecified atom stereocenters. The second kappa shape index (κ2) is 7.93. The molecular weight excluding hydrogens is 296 g/mol. The predicted octanol–water partition coefficient (Wildman–Crippen LogP) is 3.73. The zero-order valence-corrected chi connectivity index (χ0v) is 12.5. The van der Waals surface area contributed by atoms with Crippen LogP contribution >= 0.6 is 27.7 Å². The summed E-state index contributed by atoms with van der Waals surface area (Å²) in [5, 5.41) is 0. The van der Waals surface area contributed by atoms with Crippen LogP contribution in [0.4, 0.5) is 0 Å². The van der Waals surface area contributed by atoms with E-state index in [4.69, 9.17) is 5.84 Å². The van der Waals surface area contributed by atoms with Crippen molar-refractivity contribution < 1.29 is 0 Å². The van der Waals surface area contributed by atoms with Crippen LogP contribution in [-0.4, -0.2) is 11.8 Å². The van der Waals surface area contributed by atoms with E-state index in [0.717, 1.165) is 23.1 Å². The molecule has 0 heterocycles. The van der Waals surface area contributed by atoms with Crippen LogP contribution in [0.15, 0.2) is 45.8 Å². The second-order valence-corrected chi connectivity index (χ2v) is 6.02. The standard InChI is InChI=1S/C13H19BrN2S/c1-10(2)7-8-11(16-15)9-17-13-6-4-3-5-12(13)14/h3-6,11,16H,1,7-9,15H2,2H3. The molecule has 0 aromatic heterocycles. The van der Waals surface area contributed by atoms with Gasteiger partial charge in [0.2, 0.25) is 0 Å². The van der Waals surface area contributed by atoms with Gasteiger partial charge in [0.1, 0.15) is 0 Å². The lowest BCUT2D eigenvalue weighted by Gasteiger charge is -2.15. The van der Waals surface area contributed by atoms with E-state index < -0.39 is 0 Å². The molecule has 2 nitrogen and oxygen atoms in total. The first-order chi connectivity index (χ1) is 8.13. The van der Waals surface area contributed by atoms with Crippen molar-refractivity contribution in [2.24, 2.45) is 5.84 Å². The van der Waals surface area contributed by atoms with Gasteiger partial charge < -0.3 is 0 Å². The highest BCUT2D eigenvalue weighted by molar-refractivity contribution is 9.10. The molecule has 17 heavy (non-hydrogen) atoms. The van der Waals surface area contributed by atoms with Crippen LogP contribution in [0.5, 0.6) is 0 Å². The van der Waals surface area contributed by atoms with Crippen molar-refractivity contribution in [3.05, 3.63) is 40.9 Å². The van der Waals surface area contributed by atoms with Gasteiger partial charge in [-0.15, -0.1) is 18.3 Å². The van der Waals surface area contributed by atoms with Gasteiger partial charge in [-0.05, 0) is 47.8 Å². The van der Waals surface area contributed by atoms with Gasteiger partial charge in [0.25, 0.3) is 0 Å². The molecule has 1 aromatic rings. The Morgan fingerprint density at radius 1 is 1.53 bits per heavy atom. The first-order valence-electron chi connectivity index (χ1n) is 5.61. The summed E-state index contributed by atoms with van der Waals surface area (Å²) in [5.41, 5.74) is 4.07. The zero-order valence-electron chi connectivity index (χ0n) is 10.1. The molecule has 1 rings (SSSR count). The molecule has 0 saturated carbocycles. The molecule has 0 radical (unpaired) electrons. The third kappa shape index (κ3) is 5.73. The maximum Gasteiger partial charge on any atom is 0.0311 e. The van der Waals surface area contributed by atoms with Crippen molar-refractivity contribution in [3.8, 4) is 0 Å². The van der Waals surface area contributed by atoms with E-state index in [1.165, 1.54) is 10.5 Å². The number of hydrazine groups is 1. The number of hydrogen-bond acceptors (Lipinski definition) is 3. The van der Waals surface area contributed by atoms with E-state index in [1.54, 1.807) is 0 Å². The molecule has 1 aromatic carbocycles. The fraction of sp³-hybridized carbons (Fsp3) is 0.385. The molecule has 94 valence electrons. The minimum absolute atomic E-state index is 0.323. The smallest absolute Gasteiger partial charge is 0.0311 e. The van der Waals surface area contributed by atoms with E-state index in [1.807, 2.05) is 23.9 Å². The largest absolute Gasteiger partial charge is 0.271 e. The lowest BCUT2D eigenvalue weighted by atomic mass is 10.1. The summed E-state index contributed by atoms with van der Waals surface area (Å²) in [4.78, 5) is 1.25. The van der Waals surface area contributed by atoms with Crippen LogP contribution in [-0.2, 0) is 0 Å². The monoisotopic (exact) mass is 314 g/mol. The summed E-state index contributed by atoms with van der Waals surface area (Å²) < 4.78 is 1.14. The summed E-state index contributed by atoms with van der Waals surface area (Å²) in [5.74, 6) is 6.52. The number of hydrogen-bond donors (Lipinski definition) is 2. The van der Waals surface area contributed by atoms with Gasteiger partial charge in [0.05, 0.1) is 0 Å². The number of nitrogens with one attached hydrogen (secondary N) is 1. The minimum Gasteiger partial charge on any atom is -0.271 e. The van der Waals surface area contributed by atoms with Crippen molar-refractivity contribution >= 4 is 27.7 Å². The van der Waals surface area contributed by atoms with Crippen LogP contribution < -0.4 is 11.3 Å². The van der Waals surface area contributed by atoms with E-state index in [-0.39, 0.29) is 0 Å². The Bertz CT molecular complexity index is 368. The molecule has 0 fully saturated rings. The van der Waals surface area contributed by atoms with Gasteiger partial charge in [0, 0.05) is 21.2 Å². The molecule has 1 atom stereocenters. The summed E-state index contributed by atoms with van der Waals surface area (Å²) >= 11 is 5.36. The van der Waals surface area contributed by atoms with Gasteiger partial charge in [-0.3, -0.25) is 11.3 Å². The summed E-state index contributed by atoms with van der Waals surface area (Å²) in [6.07, 6.45) is 2.05. The Hall–Kier alpha value is -0.290. The number of rotatable bonds is 7. The average Bonchev–Trinajstić information content (AvgIpc) is 2.31. The molecule has 0 spiro atoms. The van der Waals surface area contributed by atoms with Crippen molar-refractivity contribution in [1.29, 1.82) is 0 Å². The van der Waals surface area contributed by atoms with E-state index in [9.17, 15) is 0 Å². The Balaban J connectivity index is 2.42. The third-order valence-corrected chi connectivity index (χ3v) is 4.62. The van der Waals surface area contributed by atoms with E-state index >= 15 is 0 Å². The molecule has 0 aliphatic heterocycles. The van der Waals surface area contributed by atoms with Gasteiger partial charge in [-0.2, -0.15) is 0 Å². The van der Waals surface area contributed by atoms with Gasteiger partial charge in [-0.25, -0.2) is 0 Å². The Morgan fingerprint density at radius 2 is 2.24 bits per heavy atom. The molecule has 0 saturated heterocycles. The number of halogens is 1. The molecule has 3 N–H and O–H groups in total. The fourth-order valence-electron chi connectivity index (χ4n) is 1.39. The SMILES string of the molecule is C=C(C)CCC(CSc1ccccc1Br)NN. The third-order valence-electron chi connectivity index (χ3n) is 2.43.